The van der Waals surface area contributed by atoms with Gasteiger partial charge in [-0.1, -0.05) is 18.2 Å². The van der Waals surface area contributed by atoms with Crippen molar-refractivity contribution in [1.82, 2.24) is 10.2 Å². The summed E-state index contributed by atoms with van der Waals surface area (Å²) >= 11 is 0. The van der Waals surface area contributed by atoms with Crippen LogP contribution in [0.15, 0.2) is 30.3 Å². The Hall–Kier alpha value is -1.06. The molecular formula is C13H21N3. The molecule has 88 valence electrons. The van der Waals surface area contributed by atoms with Gasteiger partial charge in [-0.15, -0.1) is 0 Å². The van der Waals surface area contributed by atoms with Crippen LogP contribution >= 0.6 is 0 Å². The fourth-order valence-corrected chi connectivity index (χ4v) is 2.38. The number of para-hydroxylation sites is 1. The van der Waals surface area contributed by atoms with Gasteiger partial charge in [-0.3, -0.25) is 0 Å². The van der Waals surface area contributed by atoms with Crippen molar-refractivity contribution in [1.29, 1.82) is 0 Å². The third-order valence-corrected chi connectivity index (χ3v) is 3.21. The lowest BCUT2D eigenvalue weighted by molar-refractivity contribution is 0.265. The first-order valence-electron chi connectivity index (χ1n) is 5.96. The molecule has 1 fully saturated rings. The van der Waals surface area contributed by atoms with E-state index in [-0.39, 0.29) is 0 Å². The summed E-state index contributed by atoms with van der Waals surface area (Å²) in [7, 11) is 4.22. The fourth-order valence-electron chi connectivity index (χ4n) is 2.38. The Bertz CT molecular complexity index is 312. The second-order valence-electron chi connectivity index (χ2n) is 4.50. The van der Waals surface area contributed by atoms with E-state index in [1.165, 1.54) is 5.69 Å². The first kappa shape index (κ1) is 11.4. The molecule has 0 spiro atoms. The van der Waals surface area contributed by atoms with Gasteiger partial charge in [-0.05, 0) is 26.2 Å². The predicted molar refractivity (Wildman–Crippen MR) is 69.0 cm³/mol. The van der Waals surface area contributed by atoms with Gasteiger partial charge in [-0.2, -0.15) is 0 Å². The number of hydrogen-bond donors (Lipinski definition) is 1. The van der Waals surface area contributed by atoms with Crippen molar-refractivity contribution in [3.63, 3.8) is 0 Å². The van der Waals surface area contributed by atoms with Gasteiger partial charge in [0.1, 0.15) is 0 Å². The molecular weight excluding hydrogens is 198 g/mol. The maximum atomic E-state index is 3.29. The summed E-state index contributed by atoms with van der Waals surface area (Å²) in [5, 5.41) is 3.29. The van der Waals surface area contributed by atoms with Crippen LogP contribution in [-0.4, -0.2) is 51.2 Å². The van der Waals surface area contributed by atoms with Crippen molar-refractivity contribution in [2.24, 2.45) is 0 Å². The molecule has 0 radical (unpaired) electrons. The first-order chi connectivity index (χ1) is 7.81. The molecule has 0 aromatic heterocycles. The smallest absolute Gasteiger partial charge is 0.0541 e. The number of nitrogens with one attached hydrogen (secondary N) is 1. The van der Waals surface area contributed by atoms with E-state index in [1.54, 1.807) is 0 Å². The summed E-state index contributed by atoms with van der Waals surface area (Å²) in [4.78, 5) is 4.91. The SMILES string of the molecule is CNCC1CN(C)CCN1c1ccccc1. The highest BCUT2D eigenvalue weighted by atomic mass is 15.3. The summed E-state index contributed by atoms with van der Waals surface area (Å²) < 4.78 is 0. The maximum Gasteiger partial charge on any atom is 0.0541 e. The summed E-state index contributed by atoms with van der Waals surface area (Å²) in [5.41, 5.74) is 1.34. The standard InChI is InChI=1S/C13H21N3/c1-14-10-13-11-15(2)8-9-16(13)12-6-4-3-5-7-12/h3-7,13-14H,8-11H2,1-2H3. The number of benzene rings is 1. The van der Waals surface area contributed by atoms with Crippen LogP contribution in [0.25, 0.3) is 0 Å². The summed E-state index contributed by atoms with van der Waals surface area (Å²) in [6, 6.07) is 11.3. The monoisotopic (exact) mass is 219 g/mol. The Kier molecular flexibility index (Phi) is 3.80. The van der Waals surface area contributed by atoms with Crippen LogP contribution in [0.3, 0.4) is 0 Å². The highest BCUT2D eigenvalue weighted by Crippen LogP contribution is 2.19. The topological polar surface area (TPSA) is 18.5 Å². The van der Waals surface area contributed by atoms with E-state index in [0.717, 1.165) is 26.2 Å². The highest BCUT2D eigenvalue weighted by Gasteiger charge is 2.24. The fraction of sp³-hybridized carbons (Fsp3) is 0.538. The van der Waals surface area contributed by atoms with Gasteiger partial charge in [0.15, 0.2) is 0 Å². The van der Waals surface area contributed by atoms with Crippen molar-refractivity contribution < 1.29 is 0 Å². The van der Waals surface area contributed by atoms with Gasteiger partial charge < -0.3 is 15.1 Å². The minimum Gasteiger partial charge on any atom is -0.365 e. The third-order valence-electron chi connectivity index (χ3n) is 3.21. The molecule has 1 N–H and O–H groups in total. The average molecular weight is 219 g/mol. The van der Waals surface area contributed by atoms with E-state index in [0.29, 0.717) is 6.04 Å². The normalized spacial score (nSPS) is 22.4. The van der Waals surface area contributed by atoms with E-state index in [2.05, 4.69) is 52.5 Å². The maximum absolute atomic E-state index is 3.29. The van der Waals surface area contributed by atoms with E-state index in [4.69, 9.17) is 0 Å². The summed E-state index contributed by atoms with van der Waals surface area (Å²) in [6.07, 6.45) is 0. The van der Waals surface area contributed by atoms with Crippen LogP contribution in [-0.2, 0) is 0 Å². The number of piperazine rings is 1. The van der Waals surface area contributed by atoms with Crippen molar-refractivity contribution in [2.75, 3.05) is 45.2 Å². The van der Waals surface area contributed by atoms with Crippen LogP contribution in [0.4, 0.5) is 5.69 Å². The van der Waals surface area contributed by atoms with Gasteiger partial charge in [-0.25, -0.2) is 0 Å². The number of hydrogen-bond acceptors (Lipinski definition) is 3. The molecule has 16 heavy (non-hydrogen) atoms. The molecule has 0 bridgehead atoms. The average Bonchev–Trinajstić information content (AvgIpc) is 2.31. The van der Waals surface area contributed by atoms with Gasteiger partial charge >= 0.3 is 0 Å². The van der Waals surface area contributed by atoms with Gasteiger partial charge in [0.2, 0.25) is 0 Å². The zero-order valence-corrected chi connectivity index (χ0v) is 10.2. The molecule has 1 aromatic carbocycles. The van der Waals surface area contributed by atoms with E-state index in [9.17, 15) is 0 Å². The molecule has 1 aliphatic heterocycles. The molecule has 0 saturated carbocycles. The Morgan fingerprint density at radius 3 is 2.69 bits per heavy atom. The number of nitrogens with zero attached hydrogens (tertiary/aromatic N) is 2. The van der Waals surface area contributed by atoms with Crippen molar-refractivity contribution in [2.45, 2.75) is 6.04 Å². The van der Waals surface area contributed by atoms with Crippen LogP contribution in [0.2, 0.25) is 0 Å². The van der Waals surface area contributed by atoms with Gasteiger partial charge in [0.05, 0.1) is 6.04 Å². The van der Waals surface area contributed by atoms with Crippen LogP contribution in [0, 0.1) is 0 Å². The van der Waals surface area contributed by atoms with E-state index < -0.39 is 0 Å². The minimum absolute atomic E-state index is 0.575. The van der Waals surface area contributed by atoms with Crippen LogP contribution in [0.5, 0.6) is 0 Å². The van der Waals surface area contributed by atoms with Crippen LogP contribution < -0.4 is 10.2 Å². The zero-order chi connectivity index (χ0) is 11.4. The number of anilines is 1. The van der Waals surface area contributed by atoms with Crippen molar-refractivity contribution in [3.05, 3.63) is 30.3 Å². The van der Waals surface area contributed by atoms with Gasteiger partial charge in [0.25, 0.3) is 0 Å². The van der Waals surface area contributed by atoms with E-state index in [1.807, 2.05) is 7.05 Å². The summed E-state index contributed by atoms with van der Waals surface area (Å²) in [5.74, 6) is 0. The molecule has 1 heterocycles. The Morgan fingerprint density at radius 2 is 2.00 bits per heavy atom. The lowest BCUT2D eigenvalue weighted by atomic mass is 10.1. The largest absolute Gasteiger partial charge is 0.365 e. The molecule has 1 unspecified atom stereocenters. The lowest BCUT2D eigenvalue weighted by Gasteiger charge is -2.41. The van der Waals surface area contributed by atoms with Crippen molar-refractivity contribution >= 4 is 5.69 Å². The molecule has 3 heteroatoms. The minimum atomic E-state index is 0.575. The number of rotatable bonds is 3. The Balaban J connectivity index is 2.12. The first-order valence-corrected chi connectivity index (χ1v) is 5.96. The zero-order valence-electron chi connectivity index (χ0n) is 10.2. The molecule has 2 rings (SSSR count). The molecule has 1 aromatic rings. The molecule has 3 nitrogen and oxygen atoms in total. The summed E-state index contributed by atoms with van der Waals surface area (Å²) in [6.45, 7) is 4.44. The van der Waals surface area contributed by atoms with E-state index >= 15 is 0 Å². The molecule has 0 amide bonds. The predicted octanol–water partition coefficient (Wildman–Crippen LogP) is 1.03. The second-order valence-corrected chi connectivity index (χ2v) is 4.50. The number of likely N-dealkylation sites (N-methyl/N-ethyl adjacent to an activating group) is 2. The Morgan fingerprint density at radius 1 is 1.25 bits per heavy atom. The molecule has 1 atom stereocenters. The second kappa shape index (κ2) is 5.32. The Labute approximate surface area is 98.0 Å². The quantitative estimate of drug-likeness (QED) is 0.819. The highest BCUT2D eigenvalue weighted by molar-refractivity contribution is 5.47. The lowest BCUT2D eigenvalue weighted by Crippen LogP contribution is -2.55. The molecule has 0 aliphatic carbocycles. The molecule has 1 saturated heterocycles. The van der Waals surface area contributed by atoms with Gasteiger partial charge in [0, 0.05) is 31.9 Å². The van der Waals surface area contributed by atoms with Crippen molar-refractivity contribution in [3.8, 4) is 0 Å². The van der Waals surface area contributed by atoms with Crippen LogP contribution in [0.1, 0.15) is 0 Å². The third kappa shape index (κ3) is 2.54. The molecule has 1 aliphatic rings.